The Balaban J connectivity index is 2.59. The molecule has 0 spiro atoms. The quantitative estimate of drug-likeness (QED) is 0.601. The summed E-state index contributed by atoms with van der Waals surface area (Å²) in [5.74, 6) is -0.807. The van der Waals surface area contributed by atoms with Crippen LogP contribution < -0.4 is 11.5 Å². The van der Waals surface area contributed by atoms with Gasteiger partial charge in [0.25, 0.3) is 11.6 Å². The van der Waals surface area contributed by atoms with Crippen molar-refractivity contribution in [1.82, 2.24) is 9.78 Å². The second kappa shape index (κ2) is 4.17. The largest absolute Gasteiger partial charge is 0.382 e. The Hall–Kier alpha value is -2.90. The van der Waals surface area contributed by atoms with E-state index in [-0.39, 0.29) is 22.8 Å². The Labute approximate surface area is 101 Å². The molecule has 0 aliphatic rings. The first-order valence-corrected chi connectivity index (χ1v) is 4.89. The minimum absolute atomic E-state index is 0.0214. The third kappa shape index (κ3) is 1.86. The van der Waals surface area contributed by atoms with E-state index in [2.05, 4.69) is 5.10 Å². The van der Waals surface area contributed by atoms with Crippen LogP contribution in [0, 0.1) is 10.1 Å². The zero-order chi connectivity index (χ0) is 13.3. The van der Waals surface area contributed by atoms with Gasteiger partial charge in [-0.2, -0.15) is 0 Å². The van der Waals surface area contributed by atoms with Crippen LogP contribution >= 0.6 is 0 Å². The second-order valence-electron chi connectivity index (χ2n) is 3.48. The highest BCUT2D eigenvalue weighted by atomic mass is 16.6. The van der Waals surface area contributed by atoms with E-state index in [1.165, 1.54) is 24.4 Å². The van der Waals surface area contributed by atoms with Crippen molar-refractivity contribution < 1.29 is 9.72 Å². The second-order valence-corrected chi connectivity index (χ2v) is 3.48. The van der Waals surface area contributed by atoms with E-state index in [0.717, 1.165) is 4.68 Å². The summed E-state index contributed by atoms with van der Waals surface area (Å²) >= 11 is 0. The number of amides is 1. The first kappa shape index (κ1) is 11.6. The number of carbonyl (C=O) groups is 1. The van der Waals surface area contributed by atoms with Gasteiger partial charge in [-0.05, 0) is 6.07 Å². The van der Waals surface area contributed by atoms with Crippen molar-refractivity contribution in [3.05, 3.63) is 46.1 Å². The highest BCUT2D eigenvalue weighted by Gasteiger charge is 2.18. The maximum atomic E-state index is 11.0. The molecule has 8 nitrogen and oxygen atoms in total. The molecule has 0 radical (unpaired) electrons. The zero-order valence-corrected chi connectivity index (χ0v) is 9.11. The number of benzene rings is 1. The summed E-state index contributed by atoms with van der Waals surface area (Å²) in [4.78, 5) is 21.4. The van der Waals surface area contributed by atoms with E-state index in [9.17, 15) is 14.9 Å². The molecule has 2 aromatic rings. The molecule has 8 heteroatoms. The van der Waals surface area contributed by atoms with Gasteiger partial charge >= 0.3 is 0 Å². The fourth-order valence-corrected chi connectivity index (χ4v) is 1.51. The molecule has 1 amide bonds. The first-order valence-electron chi connectivity index (χ1n) is 4.89. The van der Waals surface area contributed by atoms with Gasteiger partial charge in [0.05, 0.1) is 4.92 Å². The monoisotopic (exact) mass is 247 g/mol. The van der Waals surface area contributed by atoms with Gasteiger partial charge in [-0.1, -0.05) is 12.1 Å². The molecule has 1 aromatic heterocycles. The summed E-state index contributed by atoms with van der Waals surface area (Å²) in [6, 6.07) is 5.97. The van der Waals surface area contributed by atoms with Crippen LogP contribution in [0.5, 0.6) is 0 Å². The predicted molar refractivity (Wildman–Crippen MR) is 63.1 cm³/mol. The topological polar surface area (TPSA) is 130 Å². The number of hydrogen-bond acceptors (Lipinski definition) is 5. The number of aromatic nitrogens is 2. The number of nitrogen functional groups attached to an aromatic ring is 1. The normalized spacial score (nSPS) is 10.2. The number of anilines is 1. The Morgan fingerprint density at radius 3 is 2.61 bits per heavy atom. The van der Waals surface area contributed by atoms with Gasteiger partial charge in [0.1, 0.15) is 11.3 Å². The molecule has 4 N–H and O–H groups in total. The van der Waals surface area contributed by atoms with Crippen LogP contribution in [0.3, 0.4) is 0 Å². The lowest BCUT2D eigenvalue weighted by molar-refractivity contribution is -0.384. The van der Waals surface area contributed by atoms with Crippen molar-refractivity contribution in [1.29, 1.82) is 0 Å². The van der Waals surface area contributed by atoms with E-state index in [1.807, 2.05) is 0 Å². The number of nitrogens with zero attached hydrogens (tertiary/aromatic N) is 3. The standard InChI is InChI=1S/C10H9N5O3/c11-9-6(10(12)16)5-14(13-9)7-3-1-2-4-8(7)15(17)18/h1-5H,(H2,11,13)(H2,12,16). The summed E-state index contributed by atoms with van der Waals surface area (Å²) < 4.78 is 1.16. The van der Waals surface area contributed by atoms with Crippen molar-refractivity contribution in [2.75, 3.05) is 5.73 Å². The van der Waals surface area contributed by atoms with Gasteiger partial charge in [-0.25, -0.2) is 4.68 Å². The van der Waals surface area contributed by atoms with Crippen LogP contribution in [0.2, 0.25) is 0 Å². The highest BCUT2D eigenvalue weighted by Crippen LogP contribution is 2.23. The van der Waals surface area contributed by atoms with Crippen LogP contribution in [0.15, 0.2) is 30.5 Å². The van der Waals surface area contributed by atoms with Gasteiger partial charge in [-0.3, -0.25) is 14.9 Å². The van der Waals surface area contributed by atoms with Gasteiger partial charge in [-0.15, -0.1) is 5.10 Å². The van der Waals surface area contributed by atoms with E-state index in [4.69, 9.17) is 11.5 Å². The molecule has 1 heterocycles. The minimum atomic E-state index is -0.739. The Morgan fingerprint density at radius 1 is 1.39 bits per heavy atom. The maximum Gasteiger partial charge on any atom is 0.294 e. The SMILES string of the molecule is NC(=O)c1cn(-c2ccccc2[N+](=O)[O-])nc1N. The third-order valence-corrected chi connectivity index (χ3v) is 2.33. The molecule has 2 rings (SSSR count). The van der Waals surface area contributed by atoms with E-state index < -0.39 is 10.8 Å². The Morgan fingerprint density at radius 2 is 2.06 bits per heavy atom. The zero-order valence-electron chi connectivity index (χ0n) is 9.11. The molecule has 0 saturated carbocycles. The van der Waals surface area contributed by atoms with Crippen molar-refractivity contribution in [2.45, 2.75) is 0 Å². The number of nitro groups is 1. The van der Waals surface area contributed by atoms with Crippen molar-refractivity contribution in [2.24, 2.45) is 5.73 Å². The van der Waals surface area contributed by atoms with Gasteiger partial charge in [0.15, 0.2) is 5.82 Å². The smallest absolute Gasteiger partial charge is 0.294 e. The molecule has 0 unspecified atom stereocenters. The molecule has 0 fully saturated rings. The molecule has 0 aliphatic carbocycles. The number of carbonyl (C=O) groups excluding carboxylic acids is 1. The first-order chi connectivity index (χ1) is 8.50. The van der Waals surface area contributed by atoms with E-state index in [1.54, 1.807) is 6.07 Å². The number of rotatable bonds is 3. The summed E-state index contributed by atoms with van der Waals surface area (Å²) in [6.45, 7) is 0. The summed E-state index contributed by atoms with van der Waals surface area (Å²) in [5.41, 5.74) is 10.7. The summed E-state index contributed by atoms with van der Waals surface area (Å²) in [7, 11) is 0. The summed E-state index contributed by atoms with van der Waals surface area (Å²) in [5, 5.41) is 14.7. The Kier molecular flexibility index (Phi) is 2.68. The maximum absolute atomic E-state index is 11.0. The van der Waals surface area contributed by atoms with E-state index >= 15 is 0 Å². The van der Waals surface area contributed by atoms with Crippen LogP contribution in [0.4, 0.5) is 11.5 Å². The molecule has 1 aromatic carbocycles. The fourth-order valence-electron chi connectivity index (χ4n) is 1.51. The number of primary amides is 1. The van der Waals surface area contributed by atoms with Crippen LogP contribution in [0.25, 0.3) is 5.69 Å². The number of nitrogens with two attached hydrogens (primary N) is 2. The third-order valence-electron chi connectivity index (χ3n) is 2.33. The number of para-hydroxylation sites is 2. The van der Waals surface area contributed by atoms with Gasteiger partial charge in [0.2, 0.25) is 0 Å². The lowest BCUT2D eigenvalue weighted by atomic mass is 10.2. The molecule has 0 bridgehead atoms. The molecule has 92 valence electrons. The molecule has 0 atom stereocenters. The molecule has 18 heavy (non-hydrogen) atoms. The van der Waals surface area contributed by atoms with E-state index in [0.29, 0.717) is 0 Å². The molecular formula is C10H9N5O3. The fraction of sp³-hybridized carbons (Fsp3) is 0. The summed E-state index contributed by atoms with van der Waals surface area (Å²) in [6.07, 6.45) is 1.26. The lowest BCUT2D eigenvalue weighted by Gasteiger charge is -2.01. The Bertz CT molecular complexity index is 634. The average Bonchev–Trinajstić information content (AvgIpc) is 2.71. The predicted octanol–water partition coefficient (Wildman–Crippen LogP) is 0.462. The molecule has 0 saturated heterocycles. The molecule has 0 aliphatic heterocycles. The molecular weight excluding hydrogens is 238 g/mol. The van der Waals surface area contributed by atoms with Crippen molar-refractivity contribution in [3.8, 4) is 5.69 Å². The minimum Gasteiger partial charge on any atom is -0.382 e. The number of hydrogen-bond donors (Lipinski definition) is 2. The van der Waals surface area contributed by atoms with Crippen LogP contribution in [-0.4, -0.2) is 20.6 Å². The number of nitro benzene ring substituents is 1. The lowest BCUT2D eigenvalue weighted by Crippen LogP contribution is -2.11. The van der Waals surface area contributed by atoms with Crippen molar-refractivity contribution >= 4 is 17.4 Å². The van der Waals surface area contributed by atoms with Crippen LogP contribution in [-0.2, 0) is 0 Å². The average molecular weight is 247 g/mol. The van der Waals surface area contributed by atoms with Gasteiger partial charge < -0.3 is 11.5 Å². The van der Waals surface area contributed by atoms with Crippen LogP contribution in [0.1, 0.15) is 10.4 Å². The highest BCUT2D eigenvalue weighted by molar-refractivity contribution is 5.97. The van der Waals surface area contributed by atoms with Gasteiger partial charge in [0, 0.05) is 12.3 Å². The van der Waals surface area contributed by atoms with Crippen molar-refractivity contribution in [3.63, 3.8) is 0 Å².